The van der Waals surface area contributed by atoms with Crippen molar-refractivity contribution in [2.45, 2.75) is 37.1 Å². The Morgan fingerprint density at radius 2 is 2.12 bits per heavy atom. The molecular formula is C22H24FN5O6. The molecule has 2 fully saturated rings. The molecule has 0 radical (unpaired) electrons. The molecule has 1 spiro atoms. The van der Waals surface area contributed by atoms with E-state index in [0.717, 1.165) is 5.56 Å². The minimum absolute atomic E-state index is 0.0180. The first-order valence-corrected chi connectivity index (χ1v) is 10.8. The van der Waals surface area contributed by atoms with Crippen LogP contribution in [0, 0.1) is 5.41 Å². The molecule has 1 aromatic carbocycles. The third-order valence-electron chi connectivity index (χ3n) is 5.93. The zero-order valence-corrected chi connectivity index (χ0v) is 18.1. The lowest BCUT2D eigenvalue weighted by atomic mass is 9.89. The van der Waals surface area contributed by atoms with Gasteiger partial charge in [0, 0.05) is 25.3 Å². The molecule has 3 aliphatic heterocycles. The van der Waals surface area contributed by atoms with Crippen LogP contribution in [-0.2, 0) is 15.3 Å². The van der Waals surface area contributed by atoms with E-state index in [1.807, 2.05) is 12.1 Å². The van der Waals surface area contributed by atoms with Crippen molar-refractivity contribution in [3.8, 4) is 11.6 Å². The van der Waals surface area contributed by atoms with Gasteiger partial charge >= 0.3 is 6.04 Å². The number of ether oxygens (including phenoxy) is 3. The van der Waals surface area contributed by atoms with Gasteiger partial charge in [-0.05, 0) is 31.0 Å². The van der Waals surface area contributed by atoms with Crippen molar-refractivity contribution in [3.63, 3.8) is 0 Å². The van der Waals surface area contributed by atoms with E-state index in [-0.39, 0.29) is 30.2 Å². The number of amides is 1. The van der Waals surface area contributed by atoms with Crippen LogP contribution in [0.25, 0.3) is 0 Å². The summed E-state index contributed by atoms with van der Waals surface area (Å²) in [6, 6.07) is 5.04. The SMILES string of the molecule is N=C1N[C@]2(CC(=O)N1C1CCOCC1)Oc1c(Nc3ccc(OCC(O)(O)F)nc3)cccc12. The number of benzene rings is 1. The highest BCUT2D eigenvalue weighted by Crippen LogP contribution is 2.51. The van der Waals surface area contributed by atoms with Crippen LogP contribution in [0.5, 0.6) is 11.6 Å². The van der Waals surface area contributed by atoms with Gasteiger partial charge in [0.25, 0.3) is 0 Å². The van der Waals surface area contributed by atoms with E-state index in [2.05, 4.69) is 15.6 Å². The van der Waals surface area contributed by atoms with Crippen molar-refractivity contribution in [1.82, 2.24) is 15.2 Å². The van der Waals surface area contributed by atoms with Crippen LogP contribution in [0.4, 0.5) is 15.8 Å². The molecule has 4 heterocycles. The maximum absolute atomic E-state index is 13.0. The topological polar surface area (TPSA) is 149 Å². The average molecular weight is 473 g/mol. The number of para-hydroxylation sites is 1. The maximum Gasteiger partial charge on any atom is 0.350 e. The van der Waals surface area contributed by atoms with Crippen LogP contribution in [0.1, 0.15) is 24.8 Å². The number of aromatic nitrogens is 1. The molecule has 1 atom stereocenters. The summed E-state index contributed by atoms with van der Waals surface area (Å²) in [6.07, 6.45) is 2.89. The molecule has 2 aromatic rings. The van der Waals surface area contributed by atoms with Gasteiger partial charge < -0.3 is 35.1 Å². The molecule has 5 N–H and O–H groups in total. The molecule has 0 aliphatic carbocycles. The number of aliphatic hydroxyl groups is 2. The predicted molar refractivity (Wildman–Crippen MR) is 116 cm³/mol. The maximum atomic E-state index is 13.0. The van der Waals surface area contributed by atoms with Crippen LogP contribution < -0.4 is 20.1 Å². The number of hydrogen-bond donors (Lipinski definition) is 5. The Balaban J connectivity index is 1.28. The van der Waals surface area contributed by atoms with E-state index in [4.69, 9.17) is 29.8 Å². The zero-order valence-electron chi connectivity index (χ0n) is 18.1. The fourth-order valence-electron chi connectivity index (χ4n) is 4.38. The minimum atomic E-state index is -3.44. The largest absolute Gasteiger partial charge is 0.469 e. The number of anilines is 2. The lowest BCUT2D eigenvalue weighted by Gasteiger charge is -2.50. The standard InChI is InChI=1S/C22H24FN5O6/c23-22(30,31)12-33-17-5-4-13(11-25-17)26-16-3-1-2-15-19(16)34-21(15)10-18(29)28(20(24)27-21)14-6-8-32-9-7-14/h1-5,11,14,26,30-31H,6-10,12H2,(H2,24,27)/t21-/m1/s1. The molecule has 1 amide bonds. The van der Waals surface area contributed by atoms with Gasteiger partial charge in [0.15, 0.2) is 12.4 Å². The number of nitrogens with zero attached hydrogens (tertiary/aromatic N) is 2. The smallest absolute Gasteiger partial charge is 0.350 e. The molecule has 1 aromatic heterocycles. The monoisotopic (exact) mass is 473 g/mol. The second kappa shape index (κ2) is 8.38. The third-order valence-corrected chi connectivity index (χ3v) is 5.93. The van der Waals surface area contributed by atoms with Crippen LogP contribution >= 0.6 is 0 Å². The predicted octanol–water partition coefficient (Wildman–Crippen LogP) is 1.29. The molecular weight excluding hydrogens is 449 g/mol. The fourth-order valence-corrected chi connectivity index (χ4v) is 4.38. The number of alkyl halides is 1. The Morgan fingerprint density at radius 1 is 1.32 bits per heavy atom. The second-order valence-electron chi connectivity index (χ2n) is 8.39. The Hall–Kier alpha value is -3.48. The van der Waals surface area contributed by atoms with Crippen molar-refractivity contribution in [2.75, 3.05) is 25.1 Å². The van der Waals surface area contributed by atoms with E-state index in [1.165, 1.54) is 17.2 Å². The van der Waals surface area contributed by atoms with Gasteiger partial charge in [-0.2, -0.15) is 4.39 Å². The Bertz CT molecular complexity index is 1080. The van der Waals surface area contributed by atoms with Crippen LogP contribution in [0.2, 0.25) is 0 Å². The quantitative estimate of drug-likeness (QED) is 0.391. The molecule has 5 rings (SSSR count). The number of rotatable bonds is 6. The summed E-state index contributed by atoms with van der Waals surface area (Å²) in [5.41, 5.74) is 0.905. The van der Waals surface area contributed by atoms with E-state index in [0.29, 0.717) is 43.2 Å². The lowest BCUT2D eigenvalue weighted by molar-refractivity contribution is -0.272. The summed E-state index contributed by atoms with van der Waals surface area (Å²) in [6.45, 7) is 0.174. The van der Waals surface area contributed by atoms with Crippen molar-refractivity contribution in [2.24, 2.45) is 0 Å². The highest BCUT2D eigenvalue weighted by molar-refractivity contribution is 6.00. The summed E-state index contributed by atoms with van der Waals surface area (Å²) in [4.78, 5) is 18.5. The van der Waals surface area contributed by atoms with Crippen molar-refractivity contribution >= 4 is 23.2 Å². The first-order chi connectivity index (χ1) is 16.2. The molecule has 0 bridgehead atoms. The first kappa shape index (κ1) is 22.3. The number of guanidine groups is 1. The Morgan fingerprint density at radius 3 is 2.79 bits per heavy atom. The fraction of sp³-hybridized carbons (Fsp3) is 0.409. The highest BCUT2D eigenvalue weighted by atomic mass is 19.2. The number of pyridine rings is 1. The highest BCUT2D eigenvalue weighted by Gasteiger charge is 2.54. The summed E-state index contributed by atoms with van der Waals surface area (Å²) in [5, 5.41) is 32.0. The lowest BCUT2D eigenvalue weighted by Crippen LogP contribution is -2.68. The molecule has 3 aliphatic rings. The van der Waals surface area contributed by atoms with Crippen LogP contribution in [0.3, 0.4) is 0 Å². The Labute approximate surface area is 194 Å². The van der Waals surface area contributed by atoms with Gasteiger partial charge in [-0.1, -0.05) is 6.07 Å². The molecule has 34 heavy (non-hydrogen) atoms. The summed E-state index contributed by atoms with van der Waals surface area (Å²) < 4.78 is 29.0. The summed E-state index contributed by atoms with van der Waals surface area (Å²) >= 11 is 0. The number of nitrogens with one attached hydrogen (secondary N) is 3. The third kappa shape index (κ3) is 4.22. The van der Waals surface area contributed by atoms with Crippen LogP contribution in [0.15, 0.2) is 36.5 Å². The van der Waals surface area contributed by atoms with Crippen molar-refractivity contribution < 1.29 is 33.6 Å². The molecule has 12 heteroatoms. The number of hydrogen-bond acceptors (Lipinski definition) is 9. The second-order valence-corrected chi connectivity index (χ2v) is 8.39. The van der Waals surface area contributed by atoms with E-state index >= 15 is 0 Å². The molecule has 180 valence electrons. The van der Waals surface area contributed by atoms with Gasteiger partial charge in [0.1, 0.15) is 0 Å². The molecule has 2 saturated heterocycles. The Kier molecular flexibility index (Phi) is 5.50. The average Bonchev–Trinajstić information content (AvgIpc) is 2.79. The number of carbonyl (C=O) groups excluding carboxylic acids is 1. The normalized spacial score (nSPS) is 22.5. The van der Waals surface area contributed by atoms with E-state index in [9.17, 15) is 9.18 Å². The van der Waals surface area contributed by atoms with E-state index in [1.54, 1.807) is 12.1 Å². The first-order valence-electron chi connectivity index (χ1n) is 10.8. The van der Waals surface area contributed by atoms with Gasteiger partial charge in [-0.3, -0.25) is 15.1 Å². The number of carbonyl (C=O) groups is 1. The molecule has 0 saturated carbocycles. The van der Waals surface area contributed by atoms with Gasteiger partial charge in [0.2, 0.25) is 23.5 Å². The van der Waals surface area contributed by atoms with Crippen LogP contribution in [-0.4, -0.2) is 63.9 Å². The van der Waals surface area contributed by atoms with Gasteiger partial charge in [0.05, 0.1) is 29.6 Å². The molecule has 0 unspecified atom stereocenters. The minimum Gasteiger partial charge on any atom is -0.469 e. The van der Waals surface area contributed by atoms with Gasteiger partial charge in [-0.15, -0.1) is 0 Å². The van der Waals surface area contributed by atoms with Crippen molar-refractivity contribution in [3.05, 3.63) is 42.1 Å². The van der Waals surface area contributed by atoms with Gasteiger partial charge in [-0.25, -0.2) is 4.98 Å². The summed E-state index contributed by atoms with van der Waals surface area (Å²) in [5.74, 6) is 0.431. The molecule has 11 nitrogen and oxygen atoms in total. The van der Waals surface area contributed by atoms with Crippen molar-refractivity contribution in [1.29, 1.82) is 5.41 Å². The number of fused-ring (bicyclic) bond motifs is 2. The number of halogens is 1. The zero-order chi connectivity index (χ0) is 23.9. The summed E-state index contributed by atoms with van der Waals surface area (Å²) in [7, 11) is 0. The van der Waals surface area contributed by atoms with E-state index < -0.39 is 18.4 Å².